The van der Waals surface area contributed by atoms with Gasteiger partial charge < -0.3 is 20.4 Å². The molecule has 0 saturated carbocycles. The zero-order valence-electron chi connectivity index (χ0n) is 13.6. The molecule has 0 aliphatic carbocycles. The van der Waals surface area contributed by atoms with Crippen molar-refractivity contribution in [1.82, 2.24) is 19.9 Å². The molecule has 0 amide bonds. The number of aromatic carboxylic acids is 1. The van der Waals surface area contributed by atoms with Gasteiger partial charge in [0.15, 0.2) is 5.65 Å². The van der Waals surface area contributed by atoms with Crippen molar-refractivity contribution in [1.29, 1.82) is 0 Å². The molecule has 4 heterocycles. The number of fused-ring (bicyclic) bond motifs is 2. The highest BCUT2D eigenvalue weighted by atomic mass is 16.4. The van der Waals surface area contributed by atoms with Gasteiger partial charge in [-0.3, -0.25) is 4.57 Å². The van der Waals surface area contributed by atoms with Gasteiger partial charge in [-0.15, -0.1) is 0 Å². The van der Waals surface area contributed by atoms with Crippen LogP contribution in [0.15, 0.2) is 12.3 Å². The number of carbonyl (C=O) groups is 1. The summed E-state index contributed by atoms with van der Waals surface area (Å²) in [5.41, 5.74) is 1.32. The van der Waals surface area contributed by atoms with Gasteiger partial charge in [-0.05, 0) is 18.9 Å². The van der Waals surface area contributed by atoms with E-state index in [0.29, 0.717) is 23.6 Å². The maximum atomic E-state index is 11.2. The van der Waals surface area contributed by atoms with Gasteiger partial charge in [-0.1, -0.05) is 0 Å². The highest BCUT2D eigenvalue weighted by molar-refractivity contribution is 5.91. The van der Waals surface area contributed by atoms with Gasteiger partial charge in [-0.2, -0.15) is 0 Å². The first kappa shape index (κ1) is 15.3. The van der Waals surface area contributed by atoms with E-state index in [0.717, 1.165) is 32.1 Å². The van der Waals surface area contributed by atoms with Crippen molar-refractivity contribution in [3.63, 3.8) is 0 Å². The molecule has 2 unspecified atom stereocenters. The molecule has 0 spiro atoms. The van der Waals surface area contributed by atoms with Crippen molar-refractivity contribution in [2.75, 3.05) is 37.7 Å². The molecule has 0 bridgehead atoms. The molecule has 4 rings (SSSR count). The number of aliphatic hydroxyl groups is 1. The molecule has 0 radical (unpaired) electrons. The van der Waals surface area contributed by atoms with Gasteiger partial charge in [0.05, 0.1) is 12.2 Å². The van der Waals surface area contributed by atoms with Crippen molar-refractivity contribution >= 4 is 23.1 Å². The molecule has 2 aromatic rings. The van der Waals surface area contributed by atoms with Crippen LogP contribution < -0.4 is 10.2 Å². The maximum Gasteiger partial charge on any atom is 0.337 e. The van der Waals surface area contributed by atoms with Crippen LogP contribution in [0.1, 0.15) is 17.3 Å². The molecule has 2 aliphatic heterocycles. The molecular formula is C16H21N5O3. The largest absolute Gasteiger partial charge is 0.478 e. The summed E-state index contributed by atoms with van der Waals surface area (Å²) in [4.78, 5) is 22.3. The fourth-order valence-electron chi connectivity index (χ4n) is 4.05. The lowest BCUT2D eigenvalue weighted by Crippen LogP contribution is -2.36. The number of rotatable bonds is 4. The highest BCUT2D eigenvalue weighted by Gasteiger charge is 2.50. The first-order chi connectivity index (χ1) is 11.6. The Morgan fingerprint density at radius 3 is 3.04 bits per heavy atom. The molecule has 2 fully saturated rings. The molecule has 2 atom stereocenters. The summed E-state index contributed by atoms with van der Waals surface area (Å²) in [6, 6.07) is 1.57. The molecule has 3 N–H and O–H groups in total. The van der Waals surface area contributed by atoms with Crippen LogP contribution in [0, 0.1) is 11.3 Å². The topological polar surface area (TPSA) is 104 Å². The van der Waals surface area contributed by atoms with Crippen molar-refractivity contribution < 1.29 is 15.0 Å². The number of aryl methyl sites for hydroxylation is 1. The van der Waals surface area contributed by atoms with E-state index in [1.165, 1.54) is 6.20 Å². The van der Waals surface area contributed by atoms with Gasteiger partial charge in [0, 0.05) is 44.3 Å². The SMILES string of the molecule is CCn1c(N2CC3CNCC3(CO)C2)nc2cc(C(=O)O)cnc21. The molecule has 0 aromatic carbocycles. The molecular weight excluding hydrogens is 310 g/mol. The number of nitrogens with zero attached hydrogens (tertiary/aromatic N) is 4. The van der Waals surface area contributed by atoms with Crippen LogP contribution in [0.3, 0.4) is 0 Å². The Hall–Kier alpha value is -2.19. The van der Waals surface area contributed by atoms with Gasteiger partial charge in [0.25, 0.3) is 0 Å². The Labute approximate surface area is 139 Å². The first-order valence-electron chi connectivity index (χ1n) is 8.24. The van der Waals surface area contributed by atoms with Gasteiger partial charge in [-0.25, -0.2) is 14.8 Å². The van der Waals surface area contributed by atoms with E-state index >= 15 is 0 Å². The van der Waals surface area contributed by atoms with E-state index in [1.807, 2.05) is 11.5 Å². The number of aromatic nitrogens is 3. The number of aliphatic hydroxyl groups excluding tert-OH is 1. The number of hydrogen-bond donors (Lipinski definition) is 3. The molecule has 2 saturated heterocycles. The van der Waals surface area contributed by atoms with E-state index in [2.05, 4.69) is 20.2 Å². The van der Waals surface area contributed by atoms with Gasteiger partial charge >= 0.3 is 5.97 Å². The fraction of sp³-hybridized carbons (Fsp3) is 0.562. The molecule has 8 heteroatoms. The van der Waals surface area contributed by atoms with E-state index in [-0.39, 0.29) is 17.6 Å². The number of imidazole rings is 1. The second kappa shape index (κ2) is 5.42. The molecule has 8 nitrogen and oxygen atoms in total. The minimum absolute atomic E-state index is 0.115. The van der Waals surface area contributed by atoms with Crippen LogP contribution in [0.5, 0.6) is 0 Å². The molecule has 2 aliphatic rings. The average Bonchev–Trinajstić information content (AvgIpc) is 3.23. The summed E-state index contributed by atoms with van der Waals surface area (Å²) in [5.74, 6) is 0.206. The van der Waals surface area contributed by atoms with Crippen LogP contribution in [0.4, 0.5) is 5.95 Å². The summed E-state index contributed by atoms with van der Waals surface area (Å²) in [6.45, 7) is 6.20. The second-order valence-electron chi connectivity index (χ2n) is 6.76. The monoisotopic (exact) mass is 331 g/mol. The zero-order valence-corrected chi connectivity index (χ0v) is 13.6. The summed E-state index contributed by atoms with van der Waals surface area (Å²) >= 11 is 0. The number of pyridine rings is 1. The van der Waals surface area contributed by atoms with Crippen molar-refractivity contribution in [3.05, 3.63) is 17.8 Å². The predicted octanol–water partition coefficient (Wildman–Crippen LogP) is 0.167. The summed E-state index contributed by atoms with van der Waals surface area (Å²) in [5, 5.41) is 22.4. The minimum Gasteiger partial charge on any atom is -0.478 e. The molecule has 24 heavy (non-hydrogen) atoms. The normalized spacial score (nSPS) is 26.2. The minimum atomic E-state index is -1.00. The third kappa shape index (κ3) is 2.10. The summed E-state index contributed by atoms with van der Waals surface area (Å²) < 4.78 is 2.01. The van der Waals surface area contributed by atoms with Gasteiger partial charge in [0.1, 0.15) is 5.52 Å². The predicted molar refractivity (Wildman–Crippen MR) is 88.3 cm³/mol. The summed E-state index contributed by atoms with van der Waals surface area (Å²) in [6.07, 6.45) is 1.38. The Balaban J connectivity index is 1.75. The number of nitrogens with one attached hydrogen (secondary N) is 1. The average molecular weight is 331 g/mol. The fourth-order valence-corrected chi connectivity index (χ4v) is 4.05. The van der Waals surface area contributed by atoms with E-state index in [9.17, 15) is 9.90 Å². The van der Waals surface area contributed by atoms with Crippen LogP contribution in [-0.2, 0) is 6.54 Å². The molecule has 128 valence electrons. The highest BCUT2D eigenvalue weighted by Crippen LogP contribution is 2.40. The van der Waals surface area contributed by atoms with Gasteiger partial charge in [0.2, 0.25) is 5.95 Å². The lowest BCUT2D eigenvalue weighted by Gasteiger charge is -2.25. The van der Waals surface area contributed by atoms with Crippen LogP contribution in [0.2, 0.25) is 0 Å². The Kier molecular flexibility index (Phi) is 3.47. The van der Waals surface area contributed by atoms with E-state index < -0.39 is 5.97 Å². The number of hydrogen-bond acceptors (Lipinski definition) is 6. The Morgan fingerprint density at radius 2 is 2.38 bits per heavy atom. The van der Waals surface area contributed by atoms with Crippen molar-refractivity contribution in [2.45, 2.75) is 13.5 Å². The number of carboxylic acid groups (broad SMARTS) is 1. The lowest BCUT2D eigenvalue weighted by molar-refractivity contribution is 0.0696. The van der Waals surface area contributed by atoms with Crippen LogP contribution >= 0.6 is 0 Å². The Morgan fingerprint density at radius 1 is 1.54 bits per heavy atom. The smallest absolute Gasteiger partial charge is 0.337 e. The lowest BCUT2D eigenvalue weighted by atomic mass is 9.82. The third-order valence-corrected chi connectivity index (χ3v) is 5.41. The van der Waals surface area contributed by atoms with Crippen LogP contribution in [0.25, 0.3) is 11.2 Å². The summed E-state index contributed by atoms with van der Waals surface area (Å²) in [7, 11) is 0. The van der Waals surface area contributed by atoms with E-state index in [4.69, 9.17) is 5.11 Å². The standard InChI is InChI=1S/C16H21N5O3/c1-2-21-13-12(3-10(4-18-13)14(23)24)19-15(21)20-6-11-5-17-7-16(11,8-20)9-22/h3-4,11,17,22H,2,5-9H2,1H3,(H,23,24). The first-order valence-corrected chi connectivity index (χ1v) is 8.24. The number of carboxylic acids is 1. The zero-order chi connectivity index (χ0) is 16.9. The third-order valence-electron chi connectivity index (χ3n) is 5.41. The van der Waals surface area contributed by atoms with Crippen molar-refractivity contribution in [2.24, 2.45) is 11.3 Å². The van der Waals surface area contributed by atoms with Crippen molar-refractivity contribution in [3.8, 4) is 0 Å². The quantitative estimate of drug-likeness (QED) is 0.733. The van der Waals surface area contributed by atoms with E-state index in [1.54, 1.807) is 6.07 Å². The van der Waals surface area contributed by atoms with Crippen LogP contribution in [-0.4, -0.2) is 63.5 Å². The molecule has 2 aromatic heterocycles. The number of anilines is 1. The maximum absolute atomic E-state index is 11.2. The second-order valence-corrected chi connectivity index (χ2v) is 6.76. The Bertz CT molecular complexity index is 804.